The van der Waals surface area contributed by atoms with E-state index in [1.807, 2.05) is 0 Å². The monoisotopic (exact) mass is 171 g/mol. The van der Waals surface area contributed by atoms with E-state index in [9.17, 15) is 4.79 Å². The summed E-state index contributed by atoms with van der Waals surface area (Å²) in [4.78, 5) is 10.7. The highest BCUT2D eigenvalue weighted by molar-refractivity contribution is 5.72. The van der Waals surface area contributed by atoms with Crippen molar-refractivity contribution >= 4 is 6.03 Å². The number of nitrogens with one attached hydrogen (secondary N) is 2. The molecule has 0 aliphatic heterocycles. The molecule has 1 aliphatic carbocycles. The molecule has 70 valence electrons. The fourth-order valence-electron chi connectivity index (χ4n) is 1.80. The van der Waals surface area contributed by atoms with Crippen LogP contribution in [-0.2, 0) is 0 Å². The third kappa shape index (κ3) is 2.37. The molecular weight excluding hydrogens is 154 g/mol. The Bertz CT molecular complexity index is 160. The molecule has 1 aliphatic rings. The van der Waals surface area contributed by atoms with Gasteiger partial charge in [0.05, 0.1) is 0 Å². The molecule has 0 spiro atoms. The van der Waals surface area contributed by atoms with E-state index in [-0.39, 0.29) is 6.03 Å². The summed E-state index contributed by atoms with van der Waals surface area (Å²) in [7, 11) is 0. The molecule has 2 amide bonds. The minimum atomic E-state index is -0.283. The maximum absolute atomic E-state index is 10.7. The topological polar surface area (TPSA) is 67.2 Å². The smallest absolute Gasteiger partial charge is 0.328 e. The quantitative estimate of drug-likeness (QED) is 0.323. The van der Waals surface area contributed by atoms with E-state index >= 15 is 0 Å². The molecule has 4 nitrogen and oxygen atoms in total. The third-order valence-corrected chi connectivity index (χ3v) is 2.70. The lowest BCUT2D eigenvalue weighted by Gasteiger charge is -2.15. The number of hydrazine groups is 1. The Hall–Kier alpha value is -0.770. The number of hydrogen-bond donors (Lipinski definition) is 3. The Morgan fingerprint density at radius 2 is 2.33 bits per heavy atom. The zero-order valence-electron chi connectivity index (χ0n) is 7.47. The highest BCUT2D eigenvalue weighted by Gasteiger charge is 2.23. The van der Waals surface area contributed by atoms with Crippen LogP contribution in [0.2, 0.25) is 0 Å². The lowest BCUT2D eigenvalue weighted by atomic mass is 9.98. The van der Waals surface area contributed by atoms with Crippen molar-refractivity contribution in [1.82, 2.24) is 10.7 Å². The van der Waals surface area contributed by atoms with Gasteiger partial charge in [-0.05, 0) is 18.3 Å². The summed E-state index contributed by atoms with van der Waals surface area (Å²) in [5.41, 5.74) is 2.05. The van der Waals surface area contributed by atoms with Crippen molar-refractivity contribution in [2.45, 2.75) is 26.2 Å². The van der Waals surface area contributed by atoms with Crippen LogP contribution in [0.1, 0.15) is 26.2 Å². The van der Waals surface area contributed by atoms with Gasteiger partial charge in [-0.2, -0.15) is 0 Å². The summed E-state index contributed by atoms with van der Waals surface area (Å²) in [6.45, 7) is 2.99. The van der Waals surface area contributed by atoms with Crippen molar-refractivity contribution in [1.29, 1.82) is 0 Å². The molecule has 0 aromatic heterocycles. The van der Waals surface area contributed by atoms with E-state index in [2.05, 4.69) is 17.7 Å². The highest BCUT2D eigenvalue weighted by Crippen LogP contribution is 2.30. The van der Waals surface area contributed by atoms with Crippen molar-refractivity contribution in [3.05, 3.63) is 0 Å². The van der Waals surface area contributed by atoms with Crippen LogP contribution in [0.15, 0.2) is 0 Å². The number of nitrogens with two attached hydrogens (primary N) is 1. The minimum absolute atomic E-state index is 0.283. The van der Waals surface area contributed by atoms with Gasteiger partial charge in [-0.15, -0.1) is 0 Å². The van der Waals surface area contributed by atoms with Crippen LogP contribution in [0.4, 0.5) is 4.79 Å². The summed E-state index contributed by atoms with van der Waals surface area (Å²) in [5.74, 6) is 6.31. The fraction of sp³-hybridized carbons (Fsp3) is 0.875. The normalized spacial score (nSPS) is 28.5. The molecule has 2 unspecified atom stereocenters. The lowest BCUT2D eigenvalue weighted by molar-refractivity contribution is 0.237. The molecule has 1 rings (SSSR count). The first-order valence-electron chi connectivity index (χ1n) is 4.48. The van der Waals surface area contributed by atoms with Crippen molar-refractivity contribution in [2.24, 2.45) is 17.7 Å². The molecule has 1 fully saturated rings. The predicted octanol–water partition coefficient (Wildman–Crippen LogP) is 0.596. The van der Waals surface area contributed by atoms with Gasteiger partial charge in [-0.1, -0.05) is 19.8 Å². The molecule has 0 saturated heterocycles. The number of hydrogen-bond acceptors (Lipinski definition) is 2. The van der Waals surface area contributed by atoms with E-state index in [1.54, 1.807) is 0 Å². The van der Waals surface area contributed by atoms with E-state index in [4.69, 9.17) is 5.84 Å². The van der Waals surface area contributed by atoms with Gasteiger partial charge in [0, 0.05) is 6.54 Å². The van der Waals surface area contributed by atoms with Gasteiger partial charge < -0.3 is 5.32 Å². The summed E-state index contributed by atoms with van der Waals surface area (Å²) >= 11 is 0. The van der Waals surface area contributed by atoms with Gasteiger partial charge in [0.1, 0.15) is 0 Å². The number of urea groups is 1. The number of carbonyl (C=O) groups excluding carboxylic acids is 1. The van der Waals surface area contributed by atoms with Gasteiger partial charge in [0.2, 0.25) is 0 Å². The predicted molar refractivity (Wildman–Crippen MR) is 47.2 cm³/mol. The summed E-state index contributed by atoms with van der Waals surface area (Å²) in [6, 6.07) is -0.283. The van der Waals surface area contributed by atoms with Crippen LogP contribution in [0.3, 0.4) is 0 Å². The molecule has 4 N–H and O–H groups in total. The van der Waals surface area contributed by atoms with Crippen molar-refractivity contribution < 1.29 is 4.79 Å². The molecule has 4 heteroatoms. The van der Waals surface area contributed by atoms with Crippen molar-refractivity contribution in [2.75, 3.05) is 6.54 Å². The van der Waals surface area contributed by atoms with E-state index in [0.29, 0.717) is 5.92 Å². The van der Waals surface area contributed by atoms with Crippen LogP contribution >= 0.6 is 0 Å². The number of amides is 2. The largest absolute Gasteiger partial charge is 0.337 e. The first-order valence-corrected chi connectivity index (χ1v) is 4.48. The van der Waals surface area contributed by atoms with Crippen molar-refractivity contribution in [3.63, 3.8) is 0 Å². The molecular formula is C8H17N3O. The average Bonchev–Trinajstić information content (AvgIpc) is 2.47. The molecule has 0 aromatic rings. The second kappa shape index (κ2) is 4.30. The molecule has 0 radical (unpaired) electrons. The summed E-state index contributed by atoms with van der Waals surface area (Å²) in [6.07, 6.45) is 3.81. The van der Waals surface area contributed by atoms with Crippen LogP contribution in [0.25, 0.3) is 0 Å². The summed E-state index contributed by atoms with van der Waals surface area (Å²) in [5, 5.41) is 2.73. The molecule has 2 atom stereocenters. The molecule has 0 aromatic carbocycles. The number of carbonyl (C=O) groups is 1. The highest BCUT2D eigenvalue weighted by atomic mass is 16.2. The maximum Gasteiger partial charge on any atom is 0.328 e. The Labute approximate surface area is 72.9 Å². The second-order valence-electron chi connectivity index (χ2n) is 3.52. The van der Waals surface area contributed by atoms with Gasteiger partial charge in [0.15, 0.2) is 0 Å². The zero-order valence-corrected chi connectivity index (χ0v) is 7.47. The Balaban J connectivity index is 2.18. The van der Waals surface area contributed by atoms with Gasteiger partial charge in [0.25, 0.3) is 0 Å². The van der Waals surface area contributed by atoms with Gasteiger partial charge in [-0.25, -0.2) is 10.6 Å². The third-order valence-electron chi connectivity index (χ3n) is 2.70. The Kier molecular flexibility index (Phi) is 3.34. The average molecular weight is 171 g/mol. The van der Waals surface area contributed by atoms with E-state index in [0.717, 1.165) is 12.5 Å². The maximum atomic E-state index is 10.7. The SMILES string of the molecule is CC1CCCC1CNC(=O)NN. The van der Waals surface area contributed by atoms with E-state index < -0.39 is 0 Å². The summed E-state index contributed by atoms with van der Waals surface area (Å²) < 4.78 is 0. The first-order chi connectivity index (χ1) is 5.74. The van der Waals surface area contributed by atoms with Gasteiger partial charge in [-0.3, -0.25) is 5.43 Å². The Morgan fingerprint density at radius 1 is 1.58 bits per heavy atom. The molecule has 0 heterocycles. The second-order valence-corrected chi connectivity index (χ2v) is 3.52. The number of rotatable bonds is 2. The minimum Gasteiger partial charge on any atom is -0.337 e. The van der Waals surface area contributed by atoms with Crippen molar-refractivity contribution in [3.8, 4) is 0 Å². The van der Waals surface area contributed by atoms with Crippen LogP contribution in [0, 0.1) is 11.8 Å². The molecule has 0 bridgehead atoms. The van der Waals surface area contributed by atoms with Crippen LogP contribution in [-0.4, -0.2) is 12.6 Å². The van der Waals surface area contributed by atoms with Gasteiger partial charge >= 0.3 is 6.03 Å². The van der Waals surface area contributed by atoms with Crippen LogP contribution in [0.5, 0.6) is 0 Å². The fourth-order valence-corrected chi connectivity index (χ4v) is 1.80. The first kappa shape index (κ1) is 9.32. The standard InChI is InChI=1S/C8H17N3O/c1-6-3-2-4-7(6)5-10-8(12)11-9/h6-7H,2-5,9H2,1H3,(H2,10,11,12). The molecule has 1 saturated carbocycles. The Morgan fingerprint density at radius 3 is 2.83 bits per heavy atom. The lowest BCUT2D eigenvalue weighted by Crippen LogP contribution is -2.42. The molecule has 12 heavy (non-hydrogen) atoms. The zero-order chi connectivity index (χ0) is 8.97. The van der Waals surface area contributed by atoms with Crippen LogP contribution < -0.4 is 16.6 Å². The van der Waals surface area contributed by atoms with E-state index in [1.165, 1.54) is 19.3 Å².